The molecule has 1 unspecified atom stereocenters. The molecule has 1 amide bonds. The number of hydrogen-bond acceptors (Lipinski definition) is 9. The zero-order valence-electron chi connectivity index (χ0n) is 22.8. The number of thioether (sulfide) groups is 1. The Kier molecular flexibility index (Phi) is 9.44. The topological polar surface area (TPSA) is 102 Å². The van der Waals surface area contributed by atoms with Crippen molar-refractivity contribution >= 4 is 57.3 Å². The van der Waals surface area contributed by atoms with Gasteiger partial charge in [-0.1, -0.05) is 71.6 Å². The molecule has 1 aliphatic heterocycles. The molecule has 12 heteroatoms. The Morgan fingerprint density at radius 1 is 1.12 bits per heavy atom. The van der Waals surface area contributed by atoms with Gasteiger partial charge in [-0.25, -0.2) is 4.39 Å². The van der Waals surface area contributed by atoms with Crippen molar-refractivity contribution in [1.29, 1.82) is 0 Å². The summed E-state index contributed by atoms with van der Waals surface area (Å²) < 4.78 is 25.7. The molecule has 1 aromatic heterocycles. The van der Waals surface area contributed by atoms with E-state index in [1.54, 1.807) is 30.3 Å². The summed E-state index contributed by atoms with van der Waals surface area (Å²) in [5.74, 6) is -1.44. The van der Waals surface area contributed by atoms with Crippen molar-refractivity contribution in [2.24, 2.45) is 0 Å². The van der Waals surface area contributed by atoms with Crippen LogP contribution in [0.1, 0.15) is 29.7 Å². The first-order valence-corrected chi connectivity index (χ1v) is 15.3. The van der Waals surface area contributed by atoms with Crippen molar-refractivity contribution < 1.29 is 28.6 Å². The minimum Gasteiger partial charge on any atom is -0.507 e. The van der Waals surface area contributed by atoms with Gasteiger partial charge < -0.3 is 14.6 Å². The number of ketones is 1. The molecule has 0 bridgehead atoms. The Bertz CT molecular complexity index is 1710. The van der Waals surface area contributed by atoms with E-state index in [2.05, 4.69) is 16.8 Å². The second-order valence-corrected chi connectivity index (χ2v) is 11.7. The van der Waals surface area contributed by atoms with Crippen LogP contribution in [0.4, 0.5) is 9.52 Å². The van der Waals surface area contributed by atoms with Crippen molar-refractivity contribution in [1.82, 2.24) is 10.2 Å². The summed E-state index contributed by atoms with van der Waals surface area (Å²) in [4.78, 5) is 28.3. The maximum atomic E-state index is 13.6. The SMILES string of the molecule is C=CCOc1ccc(C2/C(=C(\O)c3ccc(F)cc3)C(=O)C(=O)N2c2nnc(SCc3ccccc3Cl)s2)cc1OCC. The van der Waals surface area contributed by atoms with Crippen molar-refractivity contribution in [2.45, 2.75) is 23.1 Å². The summed E-state index contributed by atoms with van der Waals surface area (Å²) in [6.45, 7) is 6.04. The number of benzene rings is 3. The van der Waals surface area contributed by atoms with E-state index in [0.717, 1.165) is 29.0 Å². The highest BCUT2D eigenvalue weighted by Crippen LogP contribution is 2.45. The van der Waals surface area contributed by atoms with E-state index in [9.17, 15) is 19.1 Å². The summed E-state index contributed by atoms with van der Waals surface area (Å²) in [6, 6.07) is 16.3. The Balaban J connectivity index is 1.58. The van der Waals surface area contributed by atoms with E-state index in [4.69, 9.17) is 21.1 Å². The van der Waals surface area contributed by atoms with Gasteiger partial charge in [-0.3, -0.25) is 14.5 Å². The van der Waals surface area contributed by atoms with Crippen LogP contribution in [0.25, 0.3) is 5.76 Å². The number of anilines is 1. The zero-order chi connectivity index (χ0) is 30.5. The van der Waals surface area contributed by atoms with E-state index in [-0.39, 0.29) is 22.9 Å². The second kappa shape index (κ2) is 13.4. The second-order valence-electron chi connectivity index (χ2n) is 9.15. The molecule has 1 aliphatic rings. The highest BCUT2D eigenvalue weighted by molar-refractivity contribution is 8.00. The van der Waals surface area contributed by atoms with Gasteiger partial charge in [0.2, 0.25) is 5.13 Å². The molecule has 5 rings (SSSR count). The lowest BCUT2D eigenvalue weighted by molar-refractivity contribution is -0.132. The summed E-state index contributed by atoms with van der Waals surface area (Å²) in [5, 5.41) is 20.6. The molecule has 3 aromatic carbocycles. The highest BCUT2D eigenvalue weighted by Gasteiger charge is 2.48. The molecule has 1 atom stereocenters. The predicted octanol–water partition coefficient (Wildman–Crippen LogP) is 7.21. The number of halogens is 2. The van der Waals surface area contributed by atoms with Crippen LogP contribution in [-0.4, -0.2) is 40.2 Å². The van der Waals surface area contributed by atoms with Gasteiger partial charge in [-0.05, 0) is 60.5 Å². The number of Topliss-reactive ketones (excluding diaryl/α,β-unsaturated/α-hetero) is 1. The average molecular weight is 638 g/mol. The molecular formula is C31H25ClFN3O5S2. The third-order valence-corrected chi connectivity index (χ3v) is 8.89. The molecule has 0 aliphatic carbocycles. The normalized spacial score (nSPS) is 16.0. The van der Waals surface area contributed by atoms with Crippen LogP contribution < -0.4 is 14.4 Å². The first-order chi connectivity index (χ1) is 20.8. The predicted molar refractivity (Wildman–Crippen MR) is 165 cm³/mol. The van der Waals surface area contributed by atoms with Gasteiger partial charge in [0, 0.05) is 16.3 Å². The highest BCUT2D eigenvalue weighted by atomic mass is 35.5. The van der Waals surface area contributed by atoms with Crippen molar-refractivity contribution in [3.63, 3.8) is 0 Å². The summed E-state index contributed by atoms with van der Waals surface area (Å²) in [7, 11) is 0. The van der Waals surface area contributed by atoms with Gasteiger partial charge >= 0.3 is 5.91 Å². The van der Waals surface area contributed by atoms with E-state index < -0.39 is 29.3 Å². The van der Waals surface area contributed by atoms with Crippen LogP contribution in [0.2, 0.25) is 5.02 Å². The molecule has 4 aromatic rings. The Labute approximate surface area is 260 Å². The molecule has 2 heterocycles. The monoisotopic (exact) mass is 637 g/mol. The molecule has 8 nitrogen and oxygen atoms in total. The number of aliphatic hydroxyl groups excluding tert-OH is 1. The number of nitrogens with zero attached hydrogens (tertiary/aromatic N) is 3. The molecule has 43 heavy (non-hydrogen) atoms. The third kappa shape index (κ3) is 6.43. The van der Waals surface area contributed by atoms with Gasteiger partial charge in [0.15, 0.2) is 15.8 Å². The Morgan fingerprint density at radius 3 is 2.60 bits per heavy atom. The molecule has 0 radical (unpaired) electrons. The summed E-state index contributed by atoms with van der Waals surface area (Å²) >= 11 is 8.81. The molecule has 1 N–H and O–H groups in total. The third-order valence-electron chi connectivity index (χ3n) is 6.41. The molecule has 220 valence electrons. The number of hydrogen-bond donors (Lipinski definition) is 1. The lowest BCUT2D eigenvalue weighted by Gasteiger charge is -2.23. The van der Waals surface area contributed by atoms with Crippen LogP contribution in [0.15, 0.2) is 89.3 Å². The van der Waals surface area contributed by atoms with Crippen LogP contribution in [-0.2, 0) is 15.3 Å². The maximum Gasteiger partial charge on any atom is 0.301 e. The molecule has 0 spiro atoms. The van der Waals surface area contributed by atoms with Crippen LogP contribution in [0, 0.1) is 5.82 Å². The maximum absolute atomic E-state index is 13.6. The fourth-order valence-corrected chi connectivity index (χ4v) is 6.61. The smallest absolute Gasteiger partial charge is 0.301 e. The number of aromatic nitrogens is 2. The van der Waals surface area contributed by atoms with Crippen molar-refractivity contribution in [3.8, 4) is 11.5 Å². The van der Waals surface area contributed by atoms with Crippen LogP contribution in [0.5, 0.6) is 11.5 Å². The quantitative estimate of drug-likeness (QED) is 0.0460. The van der Waals surface area contributed by atoms with Gasteiger partial charge in [0.25, 0.3) is 5.78 Å². The number of amides is 1. The summed E-state index contributed by atoms with van der Waals surface area (Å²) in [6.07, 6.45) is 1.60. The molecule has 1 fully saturated rings. The largest absolute Gasteiger partial charge is 0.507 e. The Hall–Kier alpha value is -4.19. The summed E-state index contributed by atoms with van der Waals surface area (Å²) in [5.41, 5.74) is 1.36. The van der Waals surface area contributed by atoms with E-state index >= 15 is 0 Å². The van der Waals surface area contributed by atoms with E-state index in [0.29, 0.717) is 38.8 Å². The standard InChI is InChI=1S/C31H25ClFN3O5S2/c1-3-15-41-23-14-11-19(16-24(23)40-4-2)26-25(27(37)18-9-12-21(33)13-10-18)28(38)29(39)36(26)30-34-35-31(43-30)42-17-20-7-5-6-8-22(20)32/h3,5-14,16,26,37H,1,4,15,17H2,2H3/b27-25+. The van der Waals surface area contributed by atoms with Crippen molar-refractivity contribution in [2.75, 3.05) is 18.1 Å². The van der Waals surface area contributed by atoms with E-state index in [1.807, 2.05) is 25.1 Å². The first kappa shape index (κ1) is 30.3. The number of carbonyl (C=O) groups excluding carboxylic acids is 2. The zero-order valence-corrected chi connectivity index (χ0v) is 25.2. The van der Waals surface area contributed by atoms with Crippen molar-refractivity contribution in [3.05, 3.63) is 112 Å². The van der Waals surface area contributed by atoms with Crippen LogP contribution in [0.3, 0.4) is 0 Å². The molecule has 1 saturated heterocycles. The van der Waals surface area contributed by atoms with Gasteiger partial charge in [0.1, 0.15) is 18.2 Å². The fraction of sp³-hybridized carbons (Fsp3) is 0.161. The minimum absolute atomic E-state index is 0.164. The van der Waals surface area contributed by atoms with Gasteiger partial charge in [0.05, 0.1) is 18.2 Å². The average Bonchev–Trinajstić information content (AvgIpc) is 3.58. The minimum atomic E-state index is -1.09. The first-order valence-electron chi connectivity index (χ1n) is 13.1. The van der Waals surface area contributed by atoms with Gasteiger partial charge in [-0.2, -0.15) is 0 Å². The lowest BCUT2D eigenvalue weighted by Crippen LogP contribution is -2.29. The van der Waals surface area contributed by atoms with Gasteiger partial charge in [-0.15, -0.1) is 10.2 Å². The van der Waals surface area contributed by atoms with E-state index in [1.165, 1.54) is 28.8 Å². The number of aliphatic hydroxyl groups is 1. The molecule has 0 saturated carbocycles. The number of ether oxygens (including phenoxy) is 2. The fourth-order valence-electron chi connectivity index (χ4n) is 4.45. The Morgan fingerprint density at radius 2 is 1.88 bits per heavy atom. The lowest BCUT2D eigenvalue weighted by atomic mass is 9.95. The number of rotatable bonds is 11. The number of carbonyl (C=O) groups is 2. The molecular weight excluding hydrogens is 613 g/mol. The van der Waals surface area contributed by atoms with Crippen LogP contribution >= 0.6 is 34.7 Å².